The second kappa shape index (κ2) is 52.2. The van der Waals surface area contributed by atoms with Crippen LogP contribution in [0.15, 0.2) is 134 Å². The summed E-state index contributed by atoms with van der Waals surface area (Å²) in [6.07, 6.45) is 46.5. The summed E-state index contributed by atoms with van der Waals surface area (Å²) in [5.74, 6) is -0.301. The van der Waals surface area contributed by atoms with E-state index in [1.165, 1.54) is 38.5 Å². The Balaban J connectivity index is 1.29. The summed E-state index contributed by atoms with van der Waals surface area (Å²) in [5, 5.41) is 120. The quantitative estimate of drug-likeness (QED) is 0.0200. The van der Waals surface area contributed by atoms with Gasteiger partial charge < -0.3 is 89.9 Å². The lowest BCUT2D eigenvalue weighted by molar-refractivity contribution is -0.379. The monoisotopic (exact) mass is 1280 g/mol. The molecule has 3 rings (SSSR count). The van der Waals surface area contributed by atoms with E-state index in [9.17, 15) is 61.0 Å². The van der Waals surface area contributed by atoms with Crippen molar-refractivity contribution in [3.63, 3.8) is 0 Å². The highest BCUT2D eigenvalue weighted by molar-refractivity contribution is 5.76. The first-order valence-corrected chi connectivity index (χ1v) is 33.9. The summed E-state index contributed by atoms with van der Waals surface area (Å²) in [6.45, 7) is 1.43. The minimum Gasteiger partial charge on any atom is -0.394 e. The first-order chi connectivity index (χ1) is 44.3. The molecule has 12 N–H and O–H groups in total. The molecule has 19 heteroatoms. The van der Waals surface area contributed by atoms with Crippen molar-refractivity contribution in [2.24, 2.45) is 0 Å². The minimum absolute atomic E-state index is 0.222. The Morgan fingerprint density at radius 1 is 0.407 bits per heavy atom. The van der Waals surface area contributed by atoms with Crippen molar-refractivity contribution in [2.75, 3.05) is 26.4 Å². The maximum atomic E-state index is 13.3. The number of ether oxygens (including phenoxy) is 6. The molecular weight excluding hydrogens is 1170 g/mol. The number of allylic oxidation sites excluding steroid dienone is 21. The molecule has 19 nitrogen and oxygen atoms in total. The number of aliphatic hydroxyl groups excluding tert-OH is 11. The van der Waals surface area contributed by atoms with Crippen molar-refractivity contribution in [2.45, 2.75) is 285 Å². The number of rotatable bonds is 49. The van der Waals surface area contributed by atoms with Crippen LogP contribution in [0.4, 0.5) is 0 Å². The third kappa shape index (κ3) is 34.3. The molecule has 3 heterocycles. The SMILES string of the molecule is CC/C=C\C/C=C\C/C=C\C/C=C\C/C=C\C/C=C\C/C=C\C/C=C\C/C=C\CCCCCCCCCCCCCC(=O)NC(COC1OC(CO)C(OC2OC(CO)C(OC3OC(CO)C(O)C(O)C3O)C(O)C2O)C(O)C1O)C(O)/C=C/CC/C=C/CCC. The second-order valence-corrected chi connectivity index (χ2v) is 23.5. The van der Waals surface area contributed by atoms with E-state index in [1.807, 2.05) is 0 Å². The van der Waals surface area contributed by atoms with Gasteiger partial charge in [0.05, 0.1) is 38.6 Å². The van der Waals surface area contributed by atoms with E-state index in [2.05, 4.69) is 141 Å². The van der Waals surface area contributed by atoms with Gasteiger partial charge in [0.2, 0.25) is 5.91 Å². The van der Waals surface area contributed by atoms with E-state index in [0.717, 1.165) is 109 Å². The largest absolute Gasteiger partial charge is 0.394 e. The molecule has 17 unspecified atom stereocenters. The summed E-state index contributed by atoms with van der Waals surface area (Å²) in [5.41, 5.74) is 0. The molecular formula is C72H117NO18. The lowest BCUT2D eigenvalue weighted by Crippen LogP contribution is -2.66. The van der Waals surface area contributed by atoms with Crippen LogP contribution in [0.3, 0.4) is 0 Å². The van der Waals surface area contributed by atoms with Crippen LogP contribution in [0.25, 0.3) is 0 Å². The number of hydrogen-bond acceptors (Lipinski definition) is 18. The van der Waals surface area contributed by atoms with Gasteiger partial charge in [-0.15, -0.1) is 0 Å². The molecule has 0 bridgehead atoms. The average molecular weight is 1280 g/mol. The van der Waals surface area contributed by atoms with E-state index in [0.29, 0.717) is 12.8 Å². The highest BCUT2D eigenvalue weighted by Crippen LogP contribution is 2.33. The molecule has 3 aliphatic heterocycles. The van der Waals surface area contributed by atoms with E-state index in [1.54, 1.807) is 12.2 Å². The zero-order valence-corrected chi connectivity index (χ0v) is 54.5. The molecule has 3 fully saturated rings. The van der Waals surface area contributed by atoms with Crippen molar-refractivity contribution >= 4 is 5.91 Å². The van der Waals surface area contributed by atoms with Gasteiger partial charge in [-0.25, -0.2) is 0 Å². The van der Waals surface area contributed by atoms with E-state index < -0.39 is 124 Å². The summed E-state index contributed by atoms with van der Waals surface area (Å²) >= 11 is 0. The Morgan fingerprint density at radius 2 is 0.769 bits per heavy atom. The average Bonchev–Trinajstić information content (AvgIpc) is 1.40. The normalized spacial score (nSPS) is 28.7. The van der Waals surface area contributed by atoms with E-state index in [-0.39, 0.29) is 18.9 Å². The summed E-state index contributed by atoms with van der Waals surface area (Å²) < 4.78 is 34.1. The Kier molecular flexibility index (Phi) is 46.6. The smallest absolute Gasteiger partial charge is 0.220 e. The zero-order valence-electron chi connectivity index (χ0n) is 54.5. The van der Waals surface area contributed by atoms with Gasteiger partial charge in [-0.2, -0.15) is 0 Å². The van der Waals surface area contributed by atoms with Crippen LogP contribution in [0.1, 0.15) is 181 Å². The van der Waals surface area contributed by atoms with Crippen LogP contribution in [0, 0.1) is 0 Å². The Bertz CT molecular complexity index is 2170. The lowest BCUT2D eigenvalue weighted by atomic mass is 9.96. The second-order valence-electron chi connectivity index (χ2n) is 23.5. The van der Waals surface area contributed by atoms with Crippen molar-refractivity contribution in [3.8, 4) is 0 Å². The molecule has 17 atom stereocenters. The van der Waals surface area contributed by atoms with Crippen molar-refractivity contribution in [1.29, 1.82) is 0 Å². The fraction of sp³-hybridized carbons (Fsp3) is 0.681. The van der Waals surface area contributed by atoms with Crippen LogP contribution in [-0.2, 0) is 33.2 Å². The highest BCUT2D eigenvalue weighted by atomic mass is 16.8. The van der Waals surface area contributed by atoms with Gasteiger partial charge in [-0.3, -0.25) is 4.79 Å². The van der Waals surface area contributed by atoms with Crippen molar-refractivity contribution in [3.05, 3.63) is 134 Å². The molecule has 3 aliphatic rings. The maximum absolute atomic E-state index is 13.3. The van der Waals surface area contributed by atoms with Gasteiger partial charge in [0.25, 0.3) is 0 Å². The number of amides is 1. The molecule has 0 spiro atoms. The van der Waals surface area contributed by atoms with Gasteiger partial charge in [-0.1, -0.05) is 212 Å². The lowest BCUT2D eigenvalue weighted by Gasteiger charge is -2.48. The first-order valence-electron chi connectivity index (χ1n) is 33.9. The van der Waals surface area contributed by atoms with Crippen LogP contribution >= 0.6 is 0 Å². The predicted octanol–water partition coefficient (Wildman–Crippen LogP) is 8.60. The Hall–Kier alpha value is -4.07. The minimum atomic E-state index is -1.98. The standard InChI is InChI=1S/C72H117NO18/c1-3-5-7-9-11-12-13-14-15-16-17-18-19-20-21-22-23-24-25-26-27-28-29-30-31-32-33-34-35-36-37-38-39-40-41-42-44-46-48-50-60(78)73-55(56(77)49-47-45-43-10-8-6-4-2)54-86-70-66(84)63(81)68(58(52-75)88-70)91-72-67(85)64(82)69(59(53-76)89-72)90-71-65(83)62(80)61(79)57(51-74)87-71/h5,7-8,10-12,14-15,17-18,20-21,23-24,26-27,29-30,32-33,47,49,55-59,61-72,74-77,79-85H,3-4,6,9,13,16,19,22,25,28,31,34-46,48,50-54H2,1-2H3,(H,73,78)/b7-5-,10-8+,12-11-,15-14-,18-17-,21-20-,24-23-,27-26-,30-29-,33-32-,49-47+. The van der Waals surface area contributed by atoms with Gasteiger partial charge in [-0.05, 0) is 96.3 Å². The summed E-state index contributed by atoms with van der Waals surface area (Å²) in [4.78, 5) is 13.3. The third-order valence-electron chi connectivity index (χ3n) is 15.9. The fourth-order valence-corrected chi connectivity index (χ4v) is 10.4. The van der Waals surface area contributed by atoms with Crippen molar-refractivity contribution < 1.29 is 89.4 Å². The Morgan fingerprint density at radius 3 is 1.22 bits per heavy atom. The van der Waals surface area contributed by atoms with Gasteiger partial charge in [0, 0.05) is 6.42 Å². The predicted molar refractivity (Wildman–Crippen MR) is 355 cm³/mol. The first kappa shape index (κ1) is 81.2. The molecule has 0 aromatic carbocycles. The highest BCUT2D eigenvalue weighted by Gasteiger charge is 2.53. The zero-order chi connectivity index (χ0) is 66.1. The molecule has 0 radical (unpaired) electrons. The number of carbonyl (C=O) groups is 1. The van der Waals surface area contributed by atoms with E-state index in [4.69, 9.17) is 28.4 Å². The van der Waals surface area contributed by atoms with E-state index >= 15 is 0 Å². The van der Waals surface area contributed by atoms with Crippen LogP contribution < -0.4 is 5.32 Å². The molecule has 1 amide bonds. The molecule has 3 saturated heterocycles. The number of carbonyl (C=O) groups excluding carboxylic acids is 1. The number of unbranched alkanes of at least 4 members (excludes halogenated alkanes) is 13. The van der Waals surface area contributed by atoms with Crippen LogP contribution in [0.2, 0.25) is 0 Å². The van der Waals surface area contributed by atoms with Crippen LogP contribution in [-0.4, -0.2) is 193 Å². The van der Waals surface area contributed by atoms with Gasteiger partial charge in [0.1, 0.15) is 73.2 Å². The van der Waals surface area contributed by atoms with Gasteiger partial charge in [0.15, 0.2) is 18.9 Å². The fourth-order valence-electron chi connectivity index (χ4n) is 10.4. The molecule has 0 aliphatic carbocycles. The number of hydrogen-bond donors (Lipinski definition) is 12. The van der Waals surface area contributed by atoms with Gasteiger partial charge >= 0.3 is 0 Å². The van der Waals surface area contributed by atoms with Crippen molar-refractivity contribution in [1.82, 2.24) is 5.32 Å². The molecule has 0 aromatic heterocycles. The molecule has 0 aromatic rings. The topological polar surface area (TPSA) is 307 Å². The summed E-state index contributed by atoms with van der Waals surface area (Å²) in [6, 6.07) is -0.997. The Labute approximate surface area is 543 Å². The molecule has 518 valence electrons. The number of aliphatic hydroxyl groups is 11. The summed E-state index contributed by atoms with van der Waals surface area (Å²) in [7, 11) is 0. The molecule has 0 saturated carbocycles. The van der Waals surface area contributed by atoms with Crippen LogP contribution in [0.5, 0.6) is 0 Å². The number of nitrogens with one attached hydrogen (secondary N) is 1. The maximum Gasteiger partial charge on any atom is 0.220 e. The molecule has 91 heavy (non-hydrogen) atoms. The third-order valence-corrected chi connectivity index (χ3v) is 15.9.